The van der Waals surface area contributed by atoms with Crippen LogP contribution in [0.3, 0.4) is 0 Å². The summed E-state index contributed by atoms with van der Waals surface area (Å²) in [6.45, 7) is 2.20. The number of anilines is 2. The lowest BCUT2D eigenvalue weighted by molar-refractivity contribution is -0.126. The highest BCUT2D eigenvalue weighted by Crippen LogP contribution is 2.34. The minimum Gasteiger partial charge on any atom is -0.457 e. The van der Waals surface area contributed by atoms with Crippen LogP contribution in [0.15, 0.2) is 72.8 Å². The molecule has 32 heavy (non-hydrogen) atoms. The van der Waals surface area contributed by atoms with Crippen LogP contribution in [0.2, 0.25) is 0 Å². The molecule has 3 aromatic carbocycles. The summed E-state index contributed by atoms with van der Waals surface area (Å²) in [6.07, 6.45) is 0. The minimum absolute atomic E-state index is 0.0745. The quantitative estimate of drug-likeness (QED) is 0.453. The van der Waals surface area contributed by atoms with E-state index >= 15 is 0 Å². The zero-order valence-corrected chi connectivity index (χ0v) is 18.0. The summed E-state index contributed by atoms with van der Waals surface area (Å²) in [5.41, 5.74) is 4.21. The van der Waals surface area contributed by atoms with Crippen molar-refractivity contribution in [3.63, 3.8) is 0 Å². The Hall–Kier alpha value is -3.93. The first-order chi connectivity index (χ1) is 15.4. The molecule has 3 aromatic rings. The molecule has 1 atom stereocenters. The number of rotatable bonds is 7. The molecule has 0 saturated carbocycles. The second-order valence-electron chi connectivity index (χ2n) is 7.89. The number of ketones is 1. The van der Waals surface area contributed by atoms with Gasteiger partial charge in [-0.3, -0.25) is 9.59 Å². The lowest BCUT2D eigenvalue weighted by atomic mass is 9.94. The van der Waals surface area contributed by atoms with E-state index < -0.39 is 11.9 Å². The van der Waals surface area contributed by atoms with E-state index in [-0.39, 0.29) is 24.8 Å². The average Bonchev–Trinajstić information content (AvgIpc) is 3.13. The van der Waals surface area contributed by atoms with E-state index in [9.17, 15) is 14.4 Å². The molecule has 0 aromatic heterocycles. The third-order valence-electron chi connectivity index (χ3n) is 5.57. The fourth-order valence-corrected chi connectivity index (χ4v) is 3.92. The summed E-state index contributed by atoms with van der Waals surface area (Å²) in [5, 5.41) is 2.75. The summed E-state index contributed by atoms with van der Waals surface area (Å²) in [7, 11) is 1.82. The highest BCUT2D eigenvalue weighted by atomic mass is 16.5. The van der Waals surface area contributed by atoms with Gasteiger partial charge in [-0.05, 0) is 47.9 Å². The number of nitrogens with one attached hydrogen (secondary N) is 1. The number of benzene rings is 3. The number of amides is 1. The van der Waals surface area contributed by atoms with Crippen molar-refractivity contribution in [3.8, 4) is 0 Å². The van der Waals surface area contributed by atoms with Crippen LogP contribution in [0.25, 0.3) is 0 Å². The number of fused-ring (bicyclic) bond motifs is 1. The Morgan fingerprint density at radius 3 is 2.47 bits per heavy atom. The lowest BCUT2D eigenvalue weighted by Gasteiger charge is -2.22. The van der Waals surface area contributed by atoms with Gasteiger partial charge in [0.2, 0.25) is 5.91 Å². The van der Waals surface area contributed by atoms with Crippen molar-refractivity contribution >= 4 is 29.0 Å². The van der Waals surface area contributed by atoms with Crippen molar-refractivity contribution in [2.75, 3.05) is 23.8 Å². The smallest absolute Gasteiger partial charge is 0.338 e. The number of ether oxygens (including phenoxy) is 1. The summed E-state index contributed by atoms with van der Waals surface area (Å²) in [5.74, 6) is -2.07. The Labute approximate surface area is 186 Å². The molecule has 162 valence electrons. The first-order valence-corrected chi connectivity index (χ1v) is 10.4. The maximum atomic E-state index is 13.1. The number of hydrogen-bond donors (Lipinski definition) is 1. The van der Waals surface area contributed by atoms with Crippen LogP contribution < -0.4 is 10.2 Å². The van der Waals surface area contributed by atoms with Crippen LogP contribution in [-0.2, 0) is 20.9 Å². The van der Waals surface area contributed by atoms with Crippen molar-refractivity contribution < 1.29 is 19.1 Å². The number of Topliss-reactive ketones (excluding diaryl/α,β-unsaturated/α-hetero) is 1. The van der Waals surface area contributed by atoms with Gasteiger partial charge in [0, 0.05) is 18.4 Å². The highest BCUT2D eigenvalue weighted by Gasteiger charge is 2.37. The fourth-order valence-electron chi connectivity index (χ4n) is 3.92. The molecule has 0 aliphatic carbocycles. The molecule has 0 fully saturated rings. The van der Waals surface area contributed by atoms with Gasteiger partial charge in [-0.25, -0.2) is 4.79 Å². The van der Waals surface area contributed by atoms with Crippen LogP contribution in [0, 0.1) is 6.92 Å². The monoisotopic (exact) mass is 428 g/mol. The van der Waals surface area contributed by atoms with Crippen LogP contribution in [-0.4, -0.2) is 31.3 Å². The van der Waals surface area contributed by atoms with Crippen molar-refractivity contribution in [1.29, 1.82) is 0 Å². The van der Waals surface area contributed by atoms with E-state index in [0.29, 0.717) is 16.8 Å². The van der Waals surface area contributed by atoms with Gasteiger partial charge in [-0.2, -0.15) is 0 Å². The van der Waals surface area contributed by atoms with Crippen molar-refractivity contribution in [2.24, 2.45) is 0 Å². The first-order valence-electron chi connectivity index (χ1n) is 10.4. The van der Waals surface area contributed by atoms with E-state index in [1.807, 2.05) is 73.5 Å². The molecule has 1 unspecified atom stereocenters. The summed E-state index contributed by atoms with van der Waals surface area (Å²) < 4.78 is 5.39. The third-order valence-corrected chi connectivity index (χ3v) is 5.57. The Kier molecular flexibility index (Phi) is 6.03. The average molecular weight is 428 g/mol. The molecule has 1 aliphatic heterocycles. The van der Waals surface area contributed by atoms with Gasteiger partial charge < -0.3 is 15.0 Å². The molecule has 1 N–H and O–H groups in total. The van der Waals surface area contributed by atoms with E-state index in [2.05, 4.69) is 5.32 Å². The third kappa shape index (κ3) is 4.39. The molecule has 1 aliphatic rings. The molecule has 1 heterocycles. The molecule has 6 nitrogen and oxygen atoms in total. The maximum Gasteiger partial charge on any atom is 0.338 e. The van der Waals surface area contributed by atoms with Crippen LogP contribution in [0.4, 0.5) is 11.4 Å². The molecule has 0 radical (unpaired) electrons. The topological polar surface area (TPSA) is 75.7 Å². The highest BCUT2D eigenvalue weighted by molar-refractivity contribution is 6.18. The predicted molar refractivity (Wildman–Crippen MR) is 123 cm³/mol. The number of aryl methyl sites for hydroxylation is 1. The van der Waals surface area contributed by atoms with Gasteiger partial charge in [-0.1, -0.05) is 48.5 Å². The number of nitrogens with zero attached hydrogens (tertiary/aromatic N) is 1. The van der Waals surface area contributed by atoms with Crippen LogP contribution in [0.5, 0.6) is 0 Å². The van der Waals surface area contributed by atoms with Gasteiger partial charge in [0.1, 0.15) is 12.5 Å². The largest absolute Gasteiger partial charge is 0.457 e. The molecular weight excluding hydrogens is 404 g/mol. The van der Waals surface area contributed by atoms with Gasteiger partial charge in [0.05, 0.1) is 12.1 Å². The molecule has 0 saturated heterocycles. The SMILES string of the molecule is Cc1ccccc1N(C)CC(=O)C1C(=O)Nc2ccc(C(=O)OCc3ccccc3)cc21. The molecular formula is C26H24N2O4. The van der Waals surface area contributed by atoms with Gasteiger partial charge >= 0.3 is 5.97 Å². The van der Waals surface area contributed by atoms with Crippen LogP contribution >= 0.6 is 0 Å². The maximum absolute atomic E-state index is 13.1. The number of hydrogen-bond acceptors (Lipinski definition) is 5. The predicted octanol–water partition coefficient (Wildman–Crippen LogP) is 4.09. The number of carbonyl (C=O) groups excluding carboxylic acids is 3. The Balaban J connectivity index is 1.50. The number of carbonyl (C=O) groups is 3. The zero-order valence-electron chi connectivity index (χ0n) is 18.0. The Morgan fingerprint density at radius 2 is 1.72 bits per heavy atom. The van der Waals surface area contributed by atoms with Crippen molar-refractivity contribution in [1.82, 2.24) is 0 Å². The van der Waals surface area contributed by atoms with E-state index in [0.717, 1.165) is 16.8 Å². The van der Waals surface area contributed by atoms with Gasteiger partial charge in [-0.15, -0.1) is 0 Å². The van der Waals surface area contributed by atoms with Crippen molar-refractivity contribution in [3.05, 3.63) is 95.1 Å². The summed E-state index contributed by atoms with van der Waals surface area (Å²) in [6, 6.07) is 22.0. The van der Waals surface area contributed by atoms with Crippen LogP contribution in [0.1, 0.15) is 33.0 Å². The number of likely N-dealkylation sites (N-methyl/N-ethyl adjacent to an activating group) is 1. The fraction of sp³-hybridized carbons (Fsp3) is 0.192. The summed E-state index contributed by atoms with van der Waals surface area (Å²) >= 11 is 0. The first kappa shape index (κ1) is 21.3. The van der Waals surface area contributed by atoms with E-state index in [1.165, 1.54) is 0 Å². The van der Waals surface area contributed by atoms with Crippen molar-refractivity contribution in [2.45, 2.75) is 19.4 Å². The van der Waals surface area contributed by atoms with E-state index in [1.54, 1.807) is 18.2 Å². The second kappa shape index (κ2) is 9.06. The van der Waals surface area contributed by atoms with E-state index in [4.69, 9.17) is 4.74 Å². The molecule has 6 heteroatoms. The normalized spacial score (nSPS) is 14.4. The zero-order chi connectivity index (χ0) is 22.7. The molecule has 0 spiro atoms. The Bertz CT molecular complexity index is 1170. The van der Waals surface area contributed by atoms with Gasteiger partial charge in [0.25, 0.3) is 0 Å². The summed E-state index contributed by atoms with van der Waals surface area (Å²) in [4.78, 5) is 40.1. The molecule has 1 amide bonds. The standard InChI is InChI=1S/C26H24N2O4/c1-17-8-6-7-11-22(17)28(2)15-23(29)24-20-14-19(12-13-21(20)27-25(24)30)26(31)32-16-18-9-4-3-5-10-18/h3-14,24H,15-16H2,1-2H3,(H,27,30). The molecule has 4 rings (SSSR count). The minimum atomic E-state index is -0.960. The number of esters is 1. The second-order valence-corrected chi connectivity index (χ2v) is 7.89. The molecule has 0 bridgehead atoms. The lowest BCUT2D eigenvalue weighted by Crippen LogP contribution is -2.32. The van der Waals surface area contributed by atoms with Gasteiger partial charge in [0.15, 0.2) is 5.78 Å². The Morgan fingerprint density at radius 1 is 1.00 bits per heavy atom. The number of para-hydroxylation sites is 1.